The molecule has 1 aliphatic rings. The summed E-state index contributed by atoms with van der Waals surface area (Å²) in [6.45, 7) is 0.813. The van der Waals surface area contributed by atoms with Gasteiger partial charge in [-0.3, -0.25) is 4.98 Å². The molecule has 0 spiro atoms. The van der Waals surface area contributed by atoms with Crippen LogP contribution in [0.25, 0.3) is 10.1 Å². The highest BCUT2D eigenvalue weighted by atomic mass is 32.1. The Morgan fingerprint density at radius 2 is 2.10 bits per heavy atom. The van der Waals surface area contributed by atoms with Crippen LogP contribution in [0.1, 0.15) is 16.1 Å². The molecule has 0 unspecified atom stereocenters. The summed E-state index contributed by atoms with van der Waals surface area (Å²) in [5.74, 6) is 0. The summed E-state index contributed by atoms with van der Waals surface area (Å²) in [5, 5.41) is 10.4. The van der Waals surface area contributed by atoms with Crippen molar-refractivity contribution in [2.24, 2.45) is 5.16 Å². The molecule has 3 heterocycles. The van der Waals surface area contributed by atoms with Crippen molar-refractivity contribution >= 4 is 33.3 Å². The van der Waals surface area contributed by atoms with Gasteiger partial charge in [-0.1, -0.05) is 23.4 Å². The Kier molecular flexibility index (Phi) is 6.38. The molecule has 3 aromatic rings. The van der Waals surface area contributed by atoms with Crippen LogP contribution in [0.4, 0.5) is 23.2 Å². The highest BCUT2D eigenvalue weighted by Crippen LogP contribution is 2.39. The van der Waals surface area contributed by atoms with Crippen LogP contribution in [0.3, 0.4) is 0 Å². The molecule has 5 nitrogen and oxygen atoms in total. The summed E-state index contributed by atoms with van der Waals surface area (Å²) in [4.78, 5) is 9.67. The van der Waals surface area contributed by atoms with Gasteiger partial charge in [-0.05, 0) is 29.1 Å². The maximum Gasteiger partial charge on any atom is 0.393 e. The van der Waals surface area contributed by atoms with Gasteiger partial charge in [0.15, 0.2) is 6.61 Å². The standard InChI is InChI=1S/C21H20F4N4OS/c22-16-9-26-10-18(16)29-17-6-3-5-14-15(8-21(23,24)25)19(31-20(14)17)11-28-30-12-13-4-1-2-7-27-13/h1-7,11,16,18,26,29H,8-10,12H2/b28-11+/t16-,18+/m0/s1. The van der Waals surface area contributed by atoms with Crippen LogP contribution >= 0.6 is 11.3 Å². The number of hydrogen-bond donors (Lipinski definition) is 2. The molecular formula is C21H20F4N4OS. The maximum atomic E-state index is 14.0. The van der Waals surface area contributed by atoms with E-state index in [9.17, 15) is 17.6 Å². The van der Waals surface area contributed by atoms with Crippen LogP contribution in [0.2, 0.25) is 0 Å². The van der Waals surface area contributed by atoms with Crippen molar-refractivity contribution in [1.29, 1.82) is 0 Å². The Hall–Kier alpha value is -2.72. The third-order valence-electron chi connectivity index (χ3n) is 4.89. The van der Waals surface area contributed by atoms with Gasteiger partial charge in [0, 0.05) is 19.3 Å². The van der Waals surface area contributed by atoms with E-state index in [1.54, 1.807) is 42.6 Å². The average molecular weight is 452 g/mol. The second-order valence-electron chi connectivity index (χ2n) is 7.17. The number of alkyl halides is 4. The van der Waals surface area contributed by atoms with Crippen LogP contribution in [0.15, 0.2) is 47.8 Å². The lowest BCUT2D eigenvalue weighted by molar-refractivity contribution is -0.126. The normalized spacial score (nSPS) is 19.4. The molecule has 164 valence electrons. The minimum absolute atomic E-state index is 0.107. The van der Waals surface area contributed by atoms with Crippen molar-refractivity contribution in [2.75, 3.05) is 18.4 Å². The van der Waals surface area contributed by atoms with Gasteiger partial charge < -0.3 is 15.5 Å². The van der Waals surface area contributed by atoms with Gasteiger partial charge in [-0.15, -0.1) is 11.3 Å². The van der Waals surface area contributed by atoms with E-state index in [1.807, 2.05) is 0 Å². The first-order valence-corrected chi connectivity index (χ1v) is 10.5. The number of nitrogens with one attached hydrogen (secondary N) is 2. The molecule has 1 fully saturated rings. The fourth-order valence-electron chi connectivity index (χ4n) is 3.45. The van der Waals surface area contributed by atoms with Gasteiger partial charge in [-0.2, -0.15) is 13.2 Å². The number of hydrogen-bond acceptors (Lipinski definition) is 6. The lowest BCUT2D eigenvalue weighted by Crippen LogP contribution is -2.29. The van der Waals surface area contributed by atoms with Crippen molar-refractivity contribution in [3.63, 3.8) is 0 Å². The fraction of sp³-hybridized carbons (Fsp3) is 0.333. The summed E-state index contributed by atoms with van der Waals surface area (Å²) in [5.41, 5.74) is 1.39. The molecule has 31 heavy (non-hydrogen) atoms. The van der Waals surface area contributed by atoms with E-state index in [4.69, 9.17) is 4.84 Å². The third kappa shape index (κ3) is 5.31. The second-order valence-corrected chi connectivity index (χ2v) is 8.23. The van der Waals surface area contributed by atoms with E-state index in [0.717, 1.165) is 0 Å². The molecule has 2 atom stereocenters. The highest BCUT2D eigenvalue weighted by molar-refractivity contribution is 7.21. The quantitative estimate of drug-likeness (QED) is 0.311. The van der Waals surface area contributed by atoms with Crippen LogP contribution in [0, 0.1) is 0 Å². The molecular weight excluding hydrogens is 432 g/mol. The molecule has 2 N–H and O–H groups in total. The molecule has 1 saturated heterocycles. The average Bonchev–Trinajstić information content (AvgIpc) is 3.29. The molecule has 0 amide bonds. The summed E-state index contributed by atoms with van der Waals surface area (Å²) < 4.78 is 54.4. The Morgan fingerprint density at radius 1 is 1.23 bits per heavy atom. The molecule has 1 aliphatic heterocycles. The molecule has 2 aromatic heterocycles. The van der Waals surface area contributed by atoms with Crippen LogP contribution in [-0.4, -0.2) is 42.7 Å². The first kappa shape index (κ1) is 21.5. The molecule has 0 aliphatic carbocycles. The maximum absolute atomic E-state index is 14.0. The monoisotopic (exact) mass is 452 g/mol. The predicted molar refractivity (Wildman–Crippen MR) is 113 cm³/mol. The Bertz CT molecular complexity index is 1050. The number of anilines is 1. The summed E-state index contributed by atoms with van der Waals surface area (Å²) >= 11 is 1.17. The summed E-state index contributed by atoms with van der Waals surface area (Å²) in [6, 6.07) is 9.97. The molecule has 0 saturated carbocycles. The van der Waals surface area contributed by atoms with Crippen molar-refractivity contribution in [1.82, 2.24) is 10.3 Å². The smallest absolute Gasteiger partial charge is 0.389 e. The van der Waals surface area contributed by atoms with Gasteiger partial charge in [0.2, 0.25) is 0 Å². The number of oxime groups is 1. The van der Waals surface area contributed by atoms with E-state index in [0.29, 0.717) is 32.9 Å². The first-order chi connectivity index (χ1) is 14.9. The van der Waals surface area contributed by atoms with Gasteiger partial charge >= 0.3 is 6.18 Å². The predicted octanol–water partition coefficient (Wildman–Crippen LogP) is 4.67. The third-order valence-corrected chi connectivity index (χ3v) is 6.11. The topological polar surface area (TPSA) is 58.5 Å². The minimum atomic E-state index is -4.38. The van der Waals surface area contributed by atoms with Crippen LogP contribution in [-0.2, 0) is 17.9 Å². The largest absolute Gasteiger partial charge is 0.393 e. The van der Waals surface area contributed by atoms with E-state index >= 15 is 0 Å². The van der Waals surface area contributed by atoms with Crippen molar-refractivity contribution in [3.05, 3.63) is 58.7 Å². The van der Waals surface area contributed by atoms with Crippen molar-refractivity contribution < 1.29 is 22.4 Å². The van der Waals surface area contributed by atoms with E-state index in [1.165, 1.54) is 17.6 Å². The number of halogens is 4. The Balaban J connectivity index is 1.61. The summed E-state index contributed by atoms with van der Waals surface area (Å²) in [6.07, 6.45) is -3.62. The van der Waals surface area contributed by atoms with Gasteiger partial charge in [0.25, 0.3) is 0 Å². The van der Waals surface area contributed by atoms with Crippen molar-refractivity contribution in [2.45, 2.75) is 31.4 Å². The highest BCUT2D eigenvalue weighted by Gasteiger charge is 2.32. The van der Waals surface area contributed by atoms with E-state index in [2.05, 4.69) is 20.8 Å². The van der Waals surface area contributed by atoms with Gasteiger partial charge in [0.05, 0.1) is 39.6 Å². The number of aromatic nitrogens is 1. The SMILES string of the molecule is F[C@H]1CNC[C@H]1Nc1cccc2c(CC(F)(F)F)c(/C=N/OCc3ccccn3)sc12. The van der Waals surface area contributed by atoms with E-state index in [-0.39, 0.29) is 18.7 Å². The molecule has 1 aromatic carbocycles. The van der Waals surface area contributed by atoms with Crippen LogP contribution in [0.5, 0.6) is 0 Å². The fourth-order valence-corrected chi connectivity index (χ4v) is 4.61. The molecule has 4 rings (SSSR count). The summed E-state index contributed by atoms with van der Waals surface area (Å²) in [7, 11) is 0. The first-order valence-electron chi connectivity index (χ1n) is 9.68. The molecule has 10 heteroatoms. The minimum Gasteiger partial charge on any atom is -0.389 e. The van der Waals surface area contributed by atoms with E-state index < -0.39 is 24.8 Å². The number of rotatable bonds is 7. The zero-order valence-corrected chi connectivity index (χ0v) is 17.1. The lowest BCUT2D eigenvalue weighted by atomic mass is 10.1. The Morgan fingerprint density at radius 3 is 2.81 bits per heavy atom. The number of nitrogens with zero attached hydrogens (tertiary/aromatic N) is 2. The number of pyridine rings is 1. The zero-order valence-electron chi connectivity index (χ0n) is 16.3. The number of fused-ring (bicyclic) bond motifs is 1. The zero-order chi connectivity index (χ0) is 21.8. The van der Waals surface area contributed by atoms with Crippen LogP contribution < -0.4 is 10.6 Å². The number of benzene rings is 1. The lowest BCUT2D eigenvalue weighted by Gasteiger charge is -2.16. The Labute approximate surface area is 180 Å². The molecule has 0 radical (unpaired) electrons. The number of thiophene rings is 1. The molecule has 0 bridgehead atoms. The second kappa shape index (κ2) is 9.19. The van der Waals surface area contributed by atoms with Gasteiger partial charge in [0.1, 0.15) is 6.17 Å². The van der Waals surface area contributed by atoms with Gasteiger partial charge in [-0.25, -0.2) is 4.39 Å². The van der Waals surface area contributed by atoms with Crippen molar-refractivity contribution in [3.8, 4) is 0 Å².